The van der Waals surface area contributed by atoms with Crippen LogP contribution in [0.3, 0.4) is 0 Å². The van der Waals surface area contributed by atoms with Crippen LogP contribution >= 0.6 is 0 Å². The van der Waals surface area contributed by atoms with E-state index in [0.29, 0.717) is 26.1 Å². The summed E-state index contributed by atoms with van der Waals surface area (Å²) < 4.78 is 11.0. The van der Waals surface area contributed by atoms with Crippen LogP contribution in [0.2, 0.25) is 0 Å². The maximum absolute atomic E-state index is 12.4. The van der Waals surface area contributed by atoms with Crippen molar-refractivity contribution in [2.24, 2.45) is 0 Å². The number of allylic oxidation sites excluding steroid dienone is 1. The lowest BCUT2D eigenvalue weighted by atomic mass is 9.90. The van der Waals surface area contributed by atoms with Crippen LogP contribution in [0.25, 0.3) is 0 Å². The molecule has 0 aromatic heterocycles. The first kappa shape index (κ1) is 14.6. The Bertz CT molecular complexity index is 590. The predicted octanol–water partition coefficient (Wildman–Crippen LogP) is 2.64. The van der Waals surface area contributed by atoms with Crippen LogP contribution < -0.4 is 0 Å². The topological polar surface area (TPSA) is 62.6 Å². The van der Waals surface area contributed by atoms with E-state index < -0.39 is 0 Å². The highest BCUT2D eigenvalue weighted by molar-refractivity contribution is 5.69. The Morgan fingerprint density at radius 3 is 2.64 bits per heavy atom. The average Bonchev–Trinajstić information content (AvgIpc) is 2.53. The lowest BCUT2D eigenvalue weighted by molar-refractivity contribution is -0.0558. The average molecular weight is 298 g/mol. The largest absolute Gasteiger partial charge is 0.445 e. The Morgan fingerprint density at radius 1 is 1.32 bits per heavy atom. The van der Waals surface area contributed by atoms with Gasteiger partial charge in [-0.1, -0.05) is 35.9 Å². The molecule has 5 nitrogen and oxygen atoms in total. The van der Waals surface area contributed by atoms with Gasteiger partial charge in [-0.25, -0.2) is 4.79 Å². The van der Waals surface area contributed by atoms with Crippen LogP contribution in [-0.2, 0) is 16.1 Å². The molecular weight excluding hydrogens is 280 g/mol. The summed E-state index contributed by atoms with van der Waals surface area (Å²) in [6.07, 6.45) is 2.67. The predicted molar refractivity (Wildman–Crippen MR) is 79.8 cm³/mol. The third-order valence-corrected chi connectivity index (χ3v) is 4.09. The van der Waals surface area contributed by atoms with E-state index in [-0.39, 0.29) is 24.8 Å². The van der Waals surface area contributed by atoms with Crippen LogP contribution in [0.5, 0.6) is 0 Å². The Labute approximate surface area is 129 Å². The van der Waals surface area contributed by atoms with Crippen molar-refractivity contribution in [1.82, 2.24) is 4.90 Å². The molecule has 2 unspecified atom stereocenters. The number of nitriles is 1. The molecule has 3 rings (SSSR count). The first-order chi connectivity index (χ1) is 10.8. The highest BCUT2D eigenvalue weighted by atomic mass is 16.6. The lowest BCUT2D eigenvalue weighted by Gasteiger charge is -2.45. The van der Waals surface area contributed by atoms with Gasteiger partial charge >= 0.3 is 6.09 Å². The summed E-state index contributed by atoms with van der Waals surface area (Å²) in [5, 5.41) is 8.80. The second kappa shape index (κ2) is 6.63. The molecule has 2 heterocycles. The molecule has 22 heavy (non-hydrogen) atoms. The molecule has 0 spiro atoms. The van der Waals surface area contributed by atoms with Gasteiger partial charge in [0.05, 0.1) is 31.4 Å². The molecule has 114 valence electrons. The first-order valence-corrected chi connectivity index (χ1v) is 7.42. The number of morpholine rings is 1. The van der Waals surface area contributed by atoms with Gasteiger partial charge in [-0.15, -0.1) is 0 Å². The highest BCUT2D eigenvalue weighted by Crippen LogP contribution is 2.31. The number of nitrogens with zero attached hydrogens (tertiary/aromatic N) is 2. The summed E-state index contributed by atoms with van der Waals surface area (Å²) in [4.78, 5) is 14.2. The summed E-state index contributed by atoms with van der Waals surface area (Å²) in [6.45, 7) is 1.27. The quantitative estimate of drug-likeness (QED) is 0.787. The Hall–Kier alpha value is -2.32. The van der Waals surface area contributed by atoms with E-state index in [1.54, 1.807) is 11.0 Å². The van der Waals surface area contributed by atoms with Crippen molar-refractivity contribution in [3.05, 3.63) is 47.5 Å². The fraction of sp³-hybridized carbons (Fsp3) is 0.412. The van der Waals surface area contributed by atoms with Gasteiger partial charge in [0.1, 0.15) is 6.61 Å². The zero-order valence-electron chi connectivity index (χ0n) is 12.3. The third kappa shape index (κ3) is 3.12. The number of carbonyl (C=O) groups is 1. The Morgan fingerprint density at radius 2 is 2.00 bits per heavy atom. The summed E-state index contributed by atoms with van der Waals surface area (Å²) in [5.74, 6) is 0. The zero-order valence-corrected chi connectivity index (χ0v) is 12.3. The van der Waals surface area contributed by atoms with Crippen molar-refractivity contribution < 1.29 is 14.3 Å². The van der Waals surface area contributed by atoms with Gasteiger partial charge in [0.25, 0.3) is 0 Å². The van der Waals surface area contributed by atoms with Crippen LogP contribution in [0.15, 0.2) is 42.0 Å². The minimum Gasteiger partial charge on any atom is -0.445 e. The number of piperidine rings is 1. The fourth-order valence-electron chi connectivity index (χ4n) is 3.10. The monoisotopic (exact) mass is 298 g/mol. The normalized spacial score (nSPS) is 23.6. The molecule has 5 heteroatoms. The van der Waals surface area contributed by atoms with Gasteiger partial charge < -0.3 is 9.47 Å². The molecule has 0 N–H and O–H groups in total. The second-order valence-corrected chi connectivity index (χ2v) is 5.63. The number of carbonyl (C=O) groups excluding carboxylic acids is 1. The first-order valence-electron chi connectivity index (χ1n) is 7.42. The molecule has 1 aromatic rings. The molecule has 2 saturated heterocycles. The molecular formula is C17H18N2O3. The zero-order chi connectivity index (χ0) is 15.4. The van der Waals surface area contributed by atoms with Crippen molar-refractivity contribution >= 4 is 6.09 Å². The Kier molecular flexibility index (Phi) is 4.40. The standard InChI is InChI=1S/C17H18N2O3/c18-7-6-14-8-15-11-21-12-16(9-14)19(15)17(20)22-10-13-4-2-1-3-5-13/h1-6,15-16H,8-12H2. The maximum Gasteiger partial charge on any atom is 0.410 e. The van der Waals surface area contributed by atoms with Gasteiger partial charge in [-0.3, -0.25) is 4.90 Å². The smallest absolute Gasteiger partial charge is 0.410 e. The number of fused-ring (bicyclic) bond motifs is 2. The van der Waals surface area contributed by atoms with E-state index in [2.05, 4.69) is 6.07 Å². The molecule has 0 saturated carbocycles. The molecule has 2 aliphatic rings. The molecule has 1 aromatic carbocycles. The third-order valence-electron chi connectivity index (χ3n) is 4.09. The van der Waals surface area contributed by atoms with Gasteiger partial charge in [0.15, 0.2) is 0 Å². The van der Waals surface area contributed by atoms with Crippen LogP contribution in [-0.4, -0.2) is 36.3 Å². The summed E-state index contributed by atoms with van der Waals surface area (Å²) >= 11 is 0. The summed E-state index contributed by atoms with van der Waals surface area (Å²) in [5.41, 5.74) is 2.06. The van der Waals surface area contributed by atoms with Crippen molar-refractivity contribution in [2.75, 3.05) is 13.2 Å². The van der Waals surface area contributed by atoms with Crippen LogP contribution in [0.1, 0.15) is 18.4 Å². The maximum atomic E-state index is 12.4. The van der Waals surface area contributed by atoms with Crippen molar-refractivity contribution in [3.8, 4) is 6.07 Å². The minimum absolute atomic E-state index is 0.0321. The van der Waals surface area contributed by atoms with E-state index in [1.165, 1.54) is 0 Å². The number of benzene rings is 1. The van der Waals surface area contributed by atoms with E-state index in [1.807, 2.05) is 30.3 Å². The molecule has 1 amide bonds. The number of hydrogen-bond acceptors (Lipinski definition) is 4. The minimum atomic E-state index is -0.293. The van der Waals surface area contributed by atoms with Gasteiger partial charge in [0.2, 0.25) is 0 Å². The number of rotatable bonds is 2. The molecule has 2 aliphatic heterocycles. The number of amides is 1. The second-order valence-electron chi connectivity index (χ2n) is 5.63. The fourth-order valence-corrected chi connectivity index (χ4v) is 3.10. The highest BCUT2D eigenvalue weighted by Gasteiger charge is 2.40. The van der Waals surface area contributed by atoms with E-state index in [0.717, 1.165) is 11.1 Å². The Balaban J connectivity index is 1.65. The van der Waals surface area contributed by atoms with E-state index in [9.17, 15) is 4.79 Å². The van der Waals surface area contributed by atoms with Crippen molar-refractivity contribution in [1.29, 1.82) is 5.26 Å². The summed E-state index contributed by atoms with van der Waals surface area (Å²) in [7, 11) is 0. The molecule has 2 fully saturated rings. The molecule has 0 aliphatic carbocycles. The van der Waals surface area contributed by atoms with Crippen LogP contribution in [0.4, 0.5) is 4.79 Å². The lowest BCUT2D eigenvalue weighted by Crippen LogP contribution is -2.57. The van der Waals surface area contributed by atoms with Gasteiger partial charge in [-0.05, 0) is 18.4 Å². The van der Waals surface area contributed by atoms with Gasteiger partial charge in [0, 0.05) is 6.08 Å². The molecule has 2 atom stereocenters. The van der Waals surface area contributed by atoms with Crippen molar-refractivity contribution in [2.45, 2.75) is 31.5 Å². The van der Waals surface area contributed by atoms with E-state index >= 15 is 0 Å². The number of hydrogen-bond donors (Lipinski definition) is 0. The molecule has 0 radical (unpaired) electrons. The van der Waals surface area contributed by atoms with Crippen molar-refractivity contribution in [3.63, 3.8) is 0 Å². The van der Waals surface area contributed by atoms with Crippen LogP contribution in [0, 0.1) is 11.3 Å². The van der Waals surface area contributed by atoms with E-state index in [4.69, 9.17) is 14.7 Å². The van der Waals surface area contributed by atoms with Gasteiger partial charge in [-0.2, -0.15) is 5.26 Å². The summed E-state index contributed by atoms with van der Waals surface area (Å²) in [6, 6.07) is 11.7. The SMILES string of the molecule is N#CC=C1CC2COCC(C1)N2C(=O)OCc1ccccc1. The number of ether oxygens (including phenoxy) is 2. The molecule has 2 bridgehead atoms.